The summed E-state index contributed by atoms with van der Waals surface area (Å²) in [6.07, 6.45) is 3.58. The van der Waals surface area contributed by atoms with E-state index in [0.717, 1.165) is 37.9 Å². The van der Waals surface area contributed by atoms with Crippen molar-refractivity contribution in [1.29, 1.82) is 0 Å². The first-order valence-electron chi connectivity index (χ1n) is 8.18. The van der Waals surface area contributed by atoms with Crippen molar-refractivity contribution in [3.05, 3.63) is 11.4 Å². The molecule has 1 aromatic rings. The Morgan fingerprint density at radius 2 is 2.00 bits per heavy atom. The molecule has 3 rings (SSSR count). The molecule has 2 N–H and O–H groups in total. The van der Waals surface area contributed by atoms with Gasteiger partial charge in [0.25, 0.3) is 0 Å². The summed E-state index contributed by atoms with van der Waals surface area (Å²) in [6, 6.07) is 0. The van der Waals surface area contributed by atoms with E-state index in [1.807, 2.05) is 0 Å². The molecule has 3 atom stereocenters. The maximum absolute atomic E-state index is 10.8. The highest BCUT2D eigenvalue weighted by Crippen LogP contribution is 2.52. The van der Waals surface area contributed by atoms with E-state index in [0.29, 0.717) is 24.4 Å². The molecule has 1 fully saturated rings. The van der Waals surface area contributed by atoms with Crippen LogP contribution in [0.15, 0.2) is 0 Å². The monoisotopic (exact) mass is 306 g/mol. The fourth-order valence-corrected chi connectivity index (χ4v) is 3.83. The zero-order chi connectivity index (χ0) is 15.9. The number of amides is 1. The first-order valence-corrected chi connectivity index (χ1v) is 8.18. The lowest BCUT2D eigenvalue weighted by atomic mass is 9.96. The minimum Gasteiger partial charge on any atom is -0.449 e. The molecule has 0 radical (unpaired) electrons. The number of aromatic nitrogens is 3. The Kier molecular flexibility index (Phi) is 3.87. The van der Waals surface area contributed by atoms with Gasteiger partial charge < -0.3 is 10.5 Å². The Morgan fingerprint density at radius 3 is 2.64 bits per heavy atom. The van der Waals surface area contributed by atoms with Gasteiger partial charge in [0.2, 0.25) is 0 Å². The summed E-state index contributed by atoms with van der Waals surface area (Å²) in [6.45, 7) is 8.04. The van der Waals surface area contributed by atoms with Gasteiger partial charge in [-0.05, 0) is 48.9 Å². The smallest absolute Gasteiger partial charge is 0.404 e. The molecule has 122 valence electrons. The normalized spacial score (nSPS) is 27.3. The molecule has 0 unspecified atom stereocenters. The SMILES string of the molecule is CC(C)(C)Cn1nnc2c1CC[C@@H]1[C@H](CC2)[C@@H]1COC(N)=O. The van der Waals surface area contributed by atoms with E-state index >= 15 is 0 Å². The number of hydrogen-bond donors (Lipinski definition) is 1. The summed E-state index contributed by atoms with van der Waals surface area (Å²) in [7, 11) is 0. The fourth-order valence-electron chi connectivity index (χ4n) is 3.83. The second-order valence-electron chi connectivity index (χ2n) is 7.90. The molecule has 0 bridgehead atoms. The molecule has 1 saturated carbocycles. The predicted octanol–water partition coefficient (Wildman–Crippen LogP) is 2.16. The van der Waals surface area contributed by atoms with E-state index in [1.165, 1.54) is 5.69 Å². The molecular weight excluding hydrogens is 280 g/mol. The number of ether oxygens (including phenoxy) is 1. The average molecular weight is 306 g/mol. The van der Waals surface area contributed by atoms with Gasteiger partial charge in [0.15, 0.2) is 0 Å². The largest absolute Gasteiger partial charge is 0.449 e. The second kappa shape index (κ2) is 5.56. The Morgan fingerprint density at radius 1 is 1.32 bits per heavy atom. The molecule has 2 aliphatic rings. The van der Waals surface area contributed by atoms with Crippen LogP contribution in [0.2, 0.25) is 0 Å². The van der Waals surface area contributed by atoms with Crippen molar-refractivity contribution in [2.24, 2.45) is 28.9 Å². The summed E-state index contributed by atoms with van der Waals surface area (Å²) in [5.41, 5.74) is 7.72. The molecule has 6 nitrogen and oxygen atoms in total. The summed E-state index contributed by atoms with van der Waals surface area (Å²) >= 11 is 0. The van der Waals surface area contributed by atoms with Crippen molar-refractivity contribution in [3.8, 4) is 0 Å². The molecule has 6 heteroatoms. The number of rotatable bonds is 3. The molecule has 1 heterocycles. The Hall–Kier alpha value is -1.59. The van der Waals surface area contributed by atoms with Gasteiger partial charge in [-0.3, -0.25) is 0 Å². The number of hydrogen-bond acceptors (Lipinski definition) is 4. The molecular formula is C16H26N4O2. The lowest BCUT2D eigenvalue weighted by molar-refractivity contribution is 0.147. The van der Waals surface area contributed by atoms with Gasteiger partial charge in [-0.25, -0.2) is 9.48 Å². The summed E-state index contributed by atoms with van der Waals surface area (Å²) < 4.78 is 7.08. The Balaban J connectivity index is 1.65. The van der Waals surface area contributed by atoms with Crippen molar-refractivity contribution in [1.82, 2.24) is 15.0 Å². The van der Waals surface area contributed by atoms with E-state index in [9.17, 15) is 4.79 Å². The van der Waals surface area contributed by atoms with E-state index in [1.54, 1.807) is 0 Å². The van der Waals surface area contributed by atoms with Crippen LogP contribution < -0.4 is 5.73 Å². The molecule has 0 aliphatic heterocycles. The summed E-state index contributed by atoms with van der Waals surface area (Å²) in [5.74, 6) is 1.80. The first-order chi connectivity index (χ1) is 10.3. The Bertz CT molecular complexity index is 561. The lowest BCUT2D eigenvalue weighted by Crippen LogP contribution is -2.19. The maximum atomic E-state index is 10.8. The minimum absolute atomic E-state index is 0.198. The van der Waals surface area contributed by atoms with Crippen LogP contribution in [0.25, 0.3) is 0 Å². The van der Waals surface area contributed by atoms with Crippen molar-refractivity contribution in [2.45, 2.75) is 53.0 Å². The number of nitrogens with two attached hydrogens (primary N) is 1. The number of carbonyl (C=O) groups is 1. The van der Waals surface area contributed by atoms with E-state index in [4.69, 9.17) is 10.5 Å². The van der Waals surface area contributed by atoms with Gasteiger partial charge in [-0.1, -0.05) is 26.0 Å². The maximum Gasteiger partial charge on any atom is 0.404 e. The molecule has 1 aromatic heterocycles. The highest BCUT2D eigenvalue weighted by Gasteiger charge is 2.50. The van der Waals surface area contributed by atoms with E-state index < -0.39 is 6.09 Å². The summed E-state index contributed by atoms with van der Waals surface area (Å²) in [4.78, 5) is 10.8. The van der Waals surface area contributed by atoms with Crippen molar-refractivity contribution in [2.75, 3.05) is 6.61 Å². The van der Waals surface area contributed by atoms with Crippen LogP contribution in [-0.4, -0.2) is 27.7 Å². The topological polar surface area (TPSA) is 83.0 Å². The average Bonchev–Trinajstić information content (AvgIpc) is 2.90. The quantitative estimate of drug-likeness (QED) is 0.927. The van der Waals surface area contributed by atoms with Crippen molar-refractivity contribution in [3.63, 3.8) is 0 Å². The number of nitrogens with zero attached hydrogens (tertiary/aromatic N) is 3. The highest BCUT2D eigenvalue weighted by atomic mass is 16.5. The van der Waals surface area contributed by atoms with E-state index in [2.05, 4.69) is 35.8 Å². The molecule has 22 heavy (non-hydrogen) atoms. The van der Waals surface area contributed by atoms with Crippen molar-refractivity contribution >= 4 is 6.09 Å². The standard InChI is InChI=1S/C16H26N4O2/c1-16(2,3)9-20-14-7-5-11-10(4-6-13(14)18-19-20)12(11)8-22-15(17)21/h10-12H,4-9H2,1-3H3,(H2,17,21)/t10-,11+,12-/m0/s1. The first kappa shape index (κ1) is 15.3. The molecule has 1 amide bonds. The van der Waals surface area contributed by atoms with Crippen LogP contribution in [0.3, 0.4) is 0 Å². The second-order valence-corrected chi connectivity index (χ2v) is 7.90. The van der Waals surface area contributed by atoms with Crippen LogP contribution in [0.5, 0.6) is 0 Å². The van der Waals surface area contributed by atoms with Gasteiger partial charge in [0, 0.05) is 6.54 Å². The molecule has 0 aromatic carbocycles. The third-order valence-electron chi connectivity index (χ3n) is 4.90. The van der Waals surface area contributed by atoms with Crippen LogP contribution in [-0.2, 0) is 24.1 Å². The van der Waals surface area contributed by atoms with Crippen LogP contribution in [0, 0.1) is 23.2 Å². The van der Waals surface area contributed by atoms with Crippen LogP contribution in [0.1, 0.15) is 45.0 Å². The zero-order valence-electron chi connectivity index (χ0n) is 13.7. The zero-order valence-corrected chi connectivity index (χ0v) is 13.7. The van der Waals surface area contributed by atoms with Crippen LogP contribution >= 0.6 is 0 Å². The van der Waals surface area contributed by atoms with Gasteiger partial charge >= 0.3 is 6.09 Å². The number of primary amides is 1. The molecule has 0 spiro atoms. The van der Waals surface area contributed by atoms with Crippen molar-refractivity contribution < 1.29 is 9.53 Å². The Labute approximate surface area is 131 Å². The number of aryl methyl sites for hydroxylation is 1. The third kappa shape index (κ3) is 3.25. The van der Waals surface area contributed by atoms with Crippen LogP contribution in [0.4, 0.5) is 4.79 Å². The summed E-state index contributed by atoms with van der Waals surface area (Å²) in [5, 5.41) is 8.77. The molecule has 2 aliphatic carbocycles. The fraction of sp³-hybridized carbons (Fsp3) is 0.812. The third-order valence-corrected chi connectivity index (χ3v) is 4.90. The highest BCUT2D eigenvalue weighted by molar-refractivity contribution is 5.64. The lowest BCUT2D eigenvalue weighted by Gasteiger charge is -2.20. The minimum atomic E-state index is -0.662. The number of fused-ring (bicyclic) bond motifs is 2. The van der Waals surface area contributed by atoms with Gasteiger partial charge in [-0.2, -0.15) is 0 Å². The van der Waals surface area contributed by atoms with Gasteiger partial charge in [0.05, 0.1) is 18.0 Å². The predicted molar refractivity (Wildman–Crippen MR) is 82.1 cm³/mol. The number of carbonyl (C=O) groups excluding carboxylic acids is 1. The van der Waals surface area contributed by atoms with E-state index in [-0.39, 0.29) is 5.41 Å². The van der Waals surface area contributed by atoms with Gasteiger partial charge in [-0.15, -0.1) is 5.10 Å². The van der Waals surface area contributed by atoms with Gasteiger partial charge in [0.1, 0.15) is 0 Å². The molecule has 0 saturated heterocycles.